The summed E-state index contributed by atoms with van der Waals surface area (Å²) in [7, 11) is 0. The van der Waals surface area contributed by atoms with Crippen LogP contribution in [0, 0.1) is 0 Å². The van der Waals surface area contributed by atoms with Crippen LogP contribution in [0.1, 0.15) is 17.5 Å². The summed E-state index contributed by atoms with van der Waals surface area (Å²) in [6.45, 7) is 0. The summed E-state index contributed by atoms with van der Waals surface area (Å²) in [6.07, 6.45) is 1.36. The summed E-state index contributed by atoms with van der Waals surface area (Å²) in [6, 6.07) is 7.58. The third-order valence-electron chi connectivity index (χ3n) is 3.13. The Morgan fingerprint density at radius 1 is 1.14 bits per heavy atom. The summed E-state index contributed by atoms with van der Waals surface area (Å²) < 4.78 is 4.46. The molecular weight excluding hydrogens is 180 g/mol. The average molecular weight is 188 g/mol. The van der Waals surface area contributed by atoms with E-state index in [0.29, 0.717) is 6.42 Å². The Morgan fingerprint density at radius 3 is 2.57 bits per heavy atom. The molecule has 1 spiro atoms. The van der Waals surface area contributed by atoms with Gasteiger partial charge in [-0.15, -0.1) is 0 Å². The highest BCUT2D eigenvalue weighted by Gasteiger charge is 2.62. The topological polar surface area (TPSA) is 43.4 Å². The number of hydrogen-bond donors (Lipinski definition) is 0. The Hall–Kier alpha value is -1.64. The van der Waals surface area contributed by atoms with Crippen LogP contribution in [0.15, 0.2) is 24.3 Å². The molecule has 14 heavy (non-hydrogen) atoms. The molecule has 3 nitrogen and oxygen atoms in total. The Kier molecular flexibility index (Phi) is 1.23. The normalized spacial score (nSPS) is 21.7. The van der Waals surface area contributed by atoms with Gasteiger partial charge >= 0.3 is 11.9 Å². The smallest absolute Gasteiger partial charge is 0.335 e. The minimum Gasteiger partial charge on any atom is -0.391 e. The van der Waals surface area contributed by atoms with Crippen molar-refractivity contribution in [2.45, 2.75) is 18.3 Å². The van der Waals surface area contributed by atoms with E-state index >= 15 is 0 Å². The highest BCUT2D eigenvalue weighted by Crippen LogP contribution is 2.45. The molecule has 0 N–H and O–H groups in total. The SMILES string of the molecule is O=C1OC(=O)C12CCc1ccccc12. The lowest BCUT2D eigenvalue weighted by atomic mass is 9.78. The van der Waals surface area contributed by atoms with Crippen LogP contribution in [0.4, 0.5) is 0 Å². The summed E-state index contributed by atoms with van der Waals surface area (Å²) in [4.78, 5) is 22.8. The largest absolute Gasteiger partial charge is 0.391 e. The van der Waals surface area contributed by atoms with Crippen LogP contribution < -0.4 is 0 Å². The molecule has 0 saturated carbocycles. The average Bonchev–Trinajstić information content (AvgIpc) is 2.60. The molecule has 1 aromatic carbocycles. The number of cyclic esters (lactones) is 2. The Morgan fingerprint density at radius 2 is 1.86 bits per heavy atom. The fourth-order valence-corrected chi connectivity index (χ4v) is 2.33. The second-order valence-electron chi connectivity index (χ2n) is 3.74. The summed E-state index contributed by atoms with van der Waals surface area (Å²) in [5, 5.41) is 0. The van der Waals surface area contributed by atoms with Crippen LogP contribution in [0.5, 0.6) is 0 Å². The van der Waals surface area contributed by atoms with E-state index in [0.717, 1.165) is 17.5 Å². The van der Waals surface area contributed by atoms with Crippen LogP contribution in [0.25, 0.3) is 0 Å². The number of carbonyl (C=O) groups is 2. The van der Waals surface area contributed by atoms with Crippen molar-refractivity contribution in [2.24, 2.45) is 0 Å². The maximum atomic E-state index is 11.4. The molecule has 0 bridgehead atoms. The van der Waals surface area contributed by atoms with Gasteiger partial charge in [0.1, 0.15) is 0 Å². The second-order valence-corrected chi connectivity index (χ2v) is 3.74. The Labute approximate surface area is 80.7 Å². The quantitative estimate of drug-likeness (QED) is 0.449. The third kappa shape index (κ3) is 0.650. The molecule has 3 rings (SSSR count). The lowest BCUT2D eigenvalue weighted by Crippen LogP contribution is -2.55. The first-order valence-electron chi connectivity index (χ1n) is 4.60. The lowest BCUT2D eigenvalue weighted by Gasteiger charge is -2.33. The molecule has 2 aliphatic rings. The van der Waals surface area contributed by atoms with Gasteiger partial charge in [0.2, 0.25) is 0 Å². The maximum Gasteiger partial charge on any atom is 0.335 e. The van der Waals surface area contributed by atoms with Gasteiger partial charge in [0.15, 0.2) is 5.41 Å². The fraction of sp³-hybridized carbons (Fsp3) is 0.273. The minimum absolute atomic E-state index is 0.382. The summed E-state index contributed by atoms with van der Waals surface area (Å²) in [5.74, 6) is -0.764. The van der Waals surface area contributed by atoms with Crippen LogP contribution in [0.2, 0.25) is 0 Å². The summed E-state index contributed by atoms with van der Waals surface area (Å²) >= 11 is 0. The van der Waals surface area contributed by atoms with Crippen LogP contribution >= 0.6 is 0 Å². The third-order valence-corrected chi connectivity index (χ3v) is 3.13. The van der Waals surface area contributed by atoms with E-state index in [1.807, 2.05) is 24.3 Å². The minimum atomic E-state index is -0.934. The number of rotatable bonds is 0. The van der Waals surface area contributed by atoms with Gasteiger partial charge in [0.25, 0.3) is 0 Å². The van der Waals surface area contributed by atoms with Gasteiger partial charge < -0.3 is 4.74 Å². The van der Waals surface area contributed by atoms with Crippen molar-refractivity contribution in [2.75, 3.05) is 0 Å². The molecule has 0 amide bonds. The molecule has 1 heterocycles. The molecule has 1 aliphatic carbocycles. The van der Waals surface area contributed by atoms with Gasteiger partial charge in [-0.05, 0) is 24.0 Å². The number of hydrogen-bond acceptors (Lipinski definition) is 3. The highest BCUT2D eigenvalue weighted by molar-refractivity contribution is 6.19. The van der Waals surface area contributed by atoms with Gasteiger partial charge in [-0.25, -0.2) is 9.59 Å². The van der Waals surface area contributed by atoms with Crippen molar-refractivity contribution in [3.63, 3.8) is 0 Å². The molecule has 70 valence electrons. The first kappa shape index (κ1) is 7.74. The van der Waals surface area contributed by atoms with E-state index in [1.54, 1.807) is 0 Å². The zero-order valence-electron chi connectivity index (χ0n) is 7.45. The summed E-state index contributed by atoms with van der Waals surface area (Å²) in [5.41, 5.74) is 1.01. The van der Waals surface area contributed by atoms with Gasteiger partial charge in [0.05, 0.1) is 0 Å². The van der Waals surface area contributed by atoms with Crippen molar-refractivity contribution in [3.8, 4) is 0 Å². The van der Waals surface area contributed by atoms with Gasteiger partial charge in [-0.1, -0.05) is 24.3 Å². The van der Waals surface area contributed by atoms with E-state index in [-0.39, 0.29) is 11.9 Å². The molecule has 1 aliphatic heterocycles. The molecule has 0 atom stereocenters. The van der Waals surface area contributed by atoms with Gasteiger partial charge in [-0.2, -0.15) is 0 Å². The zero-order valence-corrected chi connectivity index (χ0v) is 7.45. The number of aryl methyl sites for hydroxylation is 1. The molecule has 0 unspecified atom stereocenters. The van der Waals surface area contributed by atoms with Crippen molar-refractivity contribution in [1.82, 2.24) is 0 Å². The van der Waals surface area contributed by atoms with Crippen LogP contribution in [-0.4, -0.2) is 11.9 Å². The van der Waals surface area contributed by atoms with Crippen molar-refractivity contribution in [1.29, 1.82) is 0 Å². The van der Waals surface area contributed by atoms with E-state index in [4.69, 9.17) is 0 Å². The number of carbonyl (C=O) groups excluding carboxylic acids is 2. The first-order valence-corrected chi connectivity index (χ1v) is 4.60. The van der Waals surface area contributed by atoms with Gasteiger partial charge in [-0.3, -0.25) is 0 Å². The zero-order chi connectivity index (χ0) is 9.76. The molecule has 0 aromatic heterocycles. The molecule has 1 saturated heterocycles. The fourth-order valence-electron chi connectivity index (χ4n) is 2.33. The van der Waals surface area contributed by atoms with E-state index in [9.17, 15) is 9.59 Å². The van der Waals surface area contributed by atoms with Crippen molar-refractivity contribution >= 4 is 11.9 Å². The van der Waals surface area contributed by atoms with Gasteiger partial charge in [0, 0.05) is 0 Å². The molecule has 1 fully saturated rings. The van der Waals surface area contributed by atoms with Crippen LogP contribution in [0.3, 0.4) is 0 Å². The number of benzene rings is 1. The number of esters is 2. The maximum absolute atomic E-state index is 11.4. The molecular formula is C11H8O3. The number of fused-ring (bicyclic) bond motifs is 2. The molecule has 1 aromatic rings. The lowest BCUT2D eigenvalue weighted by molar-refractivity contribution is -0.187. The Balaban J connectivity index is 2.22. The molecule has 0 radical (unpaired) electrons. The predicted molar refractivity (Wildman–Crippen MR) is 47.5 cm³/mol. The Bertz CT molecular complexity index is 434. The predicted octanol–water partition coefficient (Wildman–Crippen LogP) is 0.954. The van der Waals surface area contributed by atoms with Crippen molar-refractivity contribution < 1.29 is 14.3 Å². The standard InChI is InChI=1S/C11H8O3/c12-9-11(10(13)14-9)6-5-7-3-1-2-4-8(7)11/h1-4H,5-6H2. The molecule has 3 heteroatoms. The van der Waals surface area contributed by atoms with Crippen LogP contribution in [-0.2, 0) is 26.2 Å². The first-order chi connectivity index (χ1) is 6.75. The second kappa shape index (κ2) is 2.23. The van der Waals surface area contributed by atoms with E-state index in [2.05, 4.69) is 4.74 Å². The highest BCUT2D eigenvalue weighted by atomic mass is 16.6. The monoisotopic (exact) mass is 188 g/mol. The van der Waals surface area contributed by atoms with Crippen molar-refractivity contribution in [3.05, 3.63) is 35.4 Å². The number of ether oxygens (including phenoxy) is 1. The van der Waals surface area contributed by atoms with E-state index in [1.165, 1.54) is 0 Å². The van der Waals surface area contributed by atoms with E-state index < -0.39 is 5.41 Å².